The molecule has 2 heterocycles. The first-order chi connectivity index (χ1) is 15.5. The topological polar surface area (TPSA) is 89.0 Å². The van der Waals surface area contributed by atoms with Gasteiger partial charge in [-0.1, -0.05) is 18.2 Å². The monoisotopic (exact) mass is 430 g/mol. The summed E-state index contributed by atoms with van der Waals surface area (Å²) in [5.74, 6) is -0.383. The van der Waals surface area contributed by atoms with Gasteiger partial charge in [-0.15, -0.1) is 0 Å². The average molecular weight is 430 g/mol. The van der Waals surface area contributed by atoms with Crippen LogP contribution in [0.5, 0.6) is 11.5 Å². The molecule has 162 valence electrons. The molecule has 1 saturated heterocycles. The molecule has 0 unspecified atom stereocenters. The minimum atomic E-state index is -0.761. The zero-order valence-electron chi connectivity index (χ0n) is 17.7. The van der Waals surface area contributed by atoms with Gasteiger partial charge in [-0.3, -0.25) is 14.6 Å². The number of hydrogen-bond donors (Lipinski definition) is 1. The fourth-order valence-corrected chi connectivity index (χ4v) is 3.77. The minimum Gasteiger partial charge on any atom is -0.507 e. The van der Waals surface area contributed by atoms with E-state index in [0.29, 0.717) is 22.6 Å². The van der Waals surface area contributed by atoms with E-state index < -0.39 is 17.7 Å². The van der Waals surface area contributed by atoms with E-state index >= 15 is 0 Å². The smallest absolute Gasteiger partial charge is 0.295 e. The van der Waals surface area contributed by atoms with E-state index in [1.165, 1.54) is 4.90 Å². The second-order valence-electron chi connectivity index (χ2n) is 7.29. The Bertz CT molecular complexity index is 1160. The molecule has 7 heteroatoms. The predicted octanol–water partition coefficient (Wildman–Crippen LogP) is 3.72. The molecule has 2 aromatic carbocycles. The van der Waals surface area contributed by atoms with E-state index in [2.05, 4.69) is 4.98 Å². The highest BCUT2D eigenvalue weighted by Crippen LogP contribution is 2.40. The molecular weight excluding hydrogens is 408 g/mol. The number of benzene rings is 2. The number of carbonyl (C=O) groups excluding carboxylic acids is 2. The zero-order valence-corrected chi connectivity index (χ0v) is 17.7. The Balaban J connectivity index is 1.83. The van der Waals surface area contributed by atoms with Crippen LogP contribution in [0.25, 0.3) is 5.76 Å². The van der Waals surface area contributed by atoms with Crippen LogP contribution in [0.2, 0.25) is 0 Å². The minimum absolute atomic E-state index is 0.0363. The van der Waals surface area contributed by atoms with Crippen LogP contribution in [0.15, 0.2) is 78.6 Å². The van der Waals surface area contributed by atoms with Gasteiger partial charge in [0.05, 0.1) is 25.8 Å². The normalized spacial score (nSPS) is 17.4. The van der Waals surface area contributed by atoms with E-state index in [0.717, 1.165) is 5.56 Å². The molecule has 0 radical (unpaired) electrons. The summed E-state index contributed by atoms with van der Waals surface area (Å²) < 4.78 is 10.4. The third-order valence-corrected chi connectivity index (χ3v) is 5.41. The fourth-order valence-electron chi connectivity index (χ4n) is 3.77. The number of aliphatic hydroxyl groups is 1. The van der Waals surface area contributed by atoms with Crippen molar-refractivity contribution >= 4 is 17.4 Å². The highest BCUT2D eigenvalue weighted by Gasteiger charge is 2.46. The van der Waals surface area contributed by atoms with E-state index in [9.17, 15) is 14.7 Å². The molecule has 1 fully saturated rings. The number of ether oxygens (including phenoxy) is 2. The number of aromatic nitrogens is 1. The standard InChI is InChI=1S/C25H22N2O5/c1-31-19-9-5-17(6-10-19)22-21(23(28)18-7-11-20(32-2)12-8-18)24(29)25(30)27(22)15-16-4-3-13-26-14-16/h3-14,22,28H,15H2,1-2H3/t22-/m0/s1. The Morgan fingerprint density at radius 2 is 1.59 bits per heavy atom. The number of ketones is 1. The van der Waals surface area contributed by atoms with Gasteiger partial charge < -0.3 is 19.5 Å². The summed E-state index contributed by atoms with van der Waals surface area (Å²) in [5.41, 5.74) is 1.92. The molecule has 1 atom stereocenters. The lowest BCUT2D eigenvalue weighted by molar-refractivity contribution is -0.140. The van der Waals surface area contributed by atoms with Gasteiger partial charge in [0.15, 0.2) is 0 Å². The molecule has 1 aromatic heterocycles. The Kier molecular flexibility index (Phi) is 5.89. The van der Waals surface area contributed by atoms with E-state index in [-0.39, 0.29) is 17.9 Å². The van der Waals surface area contributed by atoms with Crippen molar-refractivity contribution < 1.29 is 24.2 Å². The zero-order chi connectivity index (χ0) is 22.7. The van der Waals surface area contributed by atoms with Gasteiger partial charge in [0, 0.05) is 24.5 Å². The summed E-state index contributed by atoms with van der Waals surface area (Å²) in [4.78, 5) is 31.7. The van der Waals surface area contributed by atoms with Crippen molar-refractivity contribution in [2.45, 2.75) is 12.6 Å². The lowest BCUT2D eigenvalue weighted by atomic mass is 9.95. The molecule has 0 saturated carbocycles. The highest BCUT2D eigenvalue weighted by atomic mass is 16.5. The van der Waals surface area contributed by atoms with Crippen molar-refractivity contribution in [1.29, 1.82) is 0 Å². The number of Topliss-reactive ketones (excluding diaryl/α,β-unsaturated/α-hetero) is 1. The number of aliphatic hydroxyl groups excluding tert-OH is 1. The Morgan fingerprint density at radius 1 is 0.969 bits per heavy atom. The van der Waals surface area contributed by atoms with Crippen LogP contribution in [-0.4, -0.2) is 40.9 Å². The lowest BCUT2D eigenvalue weighted by Crippen LogP contribution is -2.29. The molecular formula is C25H22N2O5. The molecule has 0 aliphatic carbocycles. The molecule has 1 N–H and O–H groups in total. The van der Waals surface area contributed by atoms with E-state index in [1.807, 2.05) is 6.07 Å². The summed E-state index contributed by atoms with van der Waals surface area (Å²) in [6.45, 7) is 0.175. The Labute approximate surface area is 185 Å². The molecule has 7 nitrogen and oxygen atoms in total. The number of pyridine rings is 1. The molecule has 1 amide bonds. The van der Waals surface area contributed by atoms with Gasteiger partial charge in [0.1, 0.15) is 17.3 Å². The van der Waals surface area contributed by atoms with E-state index in [1.54, 1.807) is 81.2 Å². The first-order valence-electron chi connectivity index (χ1n) is 9.99. The third-order valence-electron chi connectivity index (χ3n) is 5.41. The van der Waals surface area contributed by atoms with Crippen molar-refractivity contribution in [3.63, 3.8) is 0 Å². The van der Waals surface area contributed by atoms with Gasteiger partial charge in [-0.05, 0) is 53.6 Å². The molecule has 32 heavy (non-hydrogen) atoms. The Morgan fingerprint density at radius 3 is 2.16 bits per heavy atom. The average Bonchev–Trinajstić information content (AvgIpc) is 3.09. The van der Waals surface area contributed by atoms with Gasteiger partial charge in [0.25, 0.3) is 11.7 Å². The highest BCUT2D eigenvalue weighted by molar-refractivity contribution is 6.46. The van der Waals surface area contributed by atoms with Crippen LogP contribution in [0.4, 0.5) is 0 Å². The molecule has 0 spiro atoms. The maximum atomic E-state index is 13.1. The van der Waals surface area contributed by atoms with Crippen molar-refractivity contribution in [3.8, 4) is 11.5 Å². The molecule has 3 aromatic rings. The van der Waals surface area contributed by atoms with Crippen molar-refractivity contribution in [3.05, 3.63) is 95.3 Å². The van der Waals surface area contributed by atoms with Crippen LogP contribution < -0.4 is 9.47 Å². The quantitative estimate of drug-likeness (QED) is 0.364. The van der Waals surface area contributed by atoms with Crippen molar-refractivity contribution in [2.75, 3.05) is 14.2 Å². The van der Waals surface area contributed by atoms with Crippen LogP contribution in [-0.2, 0) is 16.1 Å². The third kappa shape index (κ3) is 3.92. The summed E-state index contributed by atoms with van der Waals surface area (Å²) in [6.07, 6.45) is 3.29. The Hall–Kier alpha value is -4.13. The second-order valence-corrected chi connectivity index (χ2v) is 7.29. The number of carbonyl (C=O) groups is 2. The molecule has 1 aliphatic heterocycles. The first kappa shape index (κ1) is 21.1. The van der Waals surface area contributed by atoms with Crippen LogP contribution in [0.1, 0.15) is 22.7 Å². The SMILES string of the molecule is COc1ccc(C(O)=C2C(=O)C(=O)N(Cc3cccnc3)[C@H]2c2ccc(OC)cc2)cc1. The van der Waals surface area contributed by atoms with Crippen LogP contribution in [0, 0.1) is 0 Å². The maximum absolute atomic E-state index is 13.1. The van der Waals surface area contributed by atoms with Crippen LogP contribution in [0.3, 0.4) is 0 Å². The summed E-state index contributed by atoms with van der Waals surface area (Å²) in [6, 6.07) is 16.6. The van der Waals surface area contributed by atoms with Gasteiger partial charge in [-0.2, -0.15) is 0 Å². The van der Waals surface area contributed by atoms with Gasteiger partial charge in [0.2, 0.25) is 0 Å². The summed E-state index contributed by atoms with van der Waals surface area (Å²) in [7, 11) is 3.11. The second kappa shape index (κ2) is 8.93. The first-order valence-corrected chi connectivity index (χ1v) is 9.99. The number of methoxy groups -OCH3 is 2. The van der Waals surface area contributed by atoms with Crippen LogP contribution >= 0.6 is 0 Å². The number of rotatable bonds is 6. The number of nitrogens with zero attached hydrogens (tertiary/aromatic N) is 2. The van der Waals surface area contributed by atoms with Crippen molar-refractivity contribution in [2.24, 2.45) is 0 Å². The lowest BCUT2D eigenvalue weighted by Gasteiger charge is -2.25. The van der Waals surface area contributed by atoms with E-state index in [4.69, 9.17) is 9.47 Å². The van der Waals surface area contributed by atoms with Crippen molar-refractivity contribution in [1.82, 2.24) is 9.88 Å². The maximum Gasteiger partial charge on any atom is 0.295 e. The number of likely N-dealkylation sites (tertiary alicyclic amines) is 1. The predicted molar refractivity (Wildman–Crippen MR) is 118 cm³/mol. The fraction of sp³-hybridized carbons (Fsp3) is 0.160. The van der Waals surface area contributed by atoms with Gasteiger partial charge in [-0.25, -0.2) is 0 Å². The molecule has 4 rings (SSSR count). The largest absolute Gasteiger partial charge is 0.507 e. The molecule has 1 aliphatic rings. The number of hydrogen-bond acceptors (Lipinski definition) is 6. The summed E-state index contributed by atoms with van der Waals surface area (Å²) in [5, 5.41) is 11.1. The molecule has 0 bridgehead atoms. The summed E-state index contributed by atoms with van der Waals surface area (Å²) >= 11 is 0. The van der Waals surface area contributed by atoms with Gasteiger partial charge >= 0.3 is 0 Å². The number of amides is 1.